The van der Waals surface area contributed by atoms with Crippen molar-refractivity contribution in [2.45, 2.75) is 13.5 Å². The Morgan fingerprint density at radius 3 is 2.65 bits per heavy atom. The van der Waals surface area contributed by atoms with Crippen molar-refractivity contribution in [3.05, 3.63) is 48.0 Å². The molecule has 2 aromatic rings. The predicted octanol–water partition coefficient (Wildman–Crippen LogP) is 3.41. The Balaban J connectivity index is 2.09. The van der Waals surface area contributed by atoms with Crippen LogP contribution in [0.4, 0.5) is 5.69 Å². The zero-order valence-electron chi connectivity index (χ0n) is 11.7. The molecule has 106 valence electrons. The molecule has 0 saturated heterocycles. The molecule has 2 aromatic carbocycles. The quantitative estimate of drug-likeness (QED) is 0.846. The summed E-state index contributed by atoms with van der Waals surface area (Å²) in [5.41, 5.74) is 1.97. The fraction of sp³-hybridized carbons (Fsp3) is 0.250. The van der Waals surface area contributed by atoms with E-state index in [1.165, 1.54) is 7.11 Å². The van der Waals surface area contributed by atoms with Crippen LogP contribution in [-0.4, -0.2) is 18.8 Å². The number of aromatic hydroxyl groups is 1. The molecule has 0 unspecified atom stereocenters. The molecule has 2 rings (SSSR count). The largest absolute Gasteiger partial charge is 0.504 e. The van der Waals surface area contributed by atoms with E-state index in [0.717, 1.165) is 17.0 Å². The maximum Gasteiger partial charge on any atom is 0.160 e. The lowest BCUT2D eigenvalue weighted by atomic mass is 10.2. The minimum atomic E-state index is 0.144. The molecule has 0 aliphatic carbocycles. The number of anilines is 1. The van der Waals surface area contributed by atoms with Crippen molar-refractivity contribution in [2.24, 2.45) is 0 Å². The third-order valence-electron chi connectivity index (χ3n) is 2.91. The summed E-state index contributed by atoms with van der Waals surface area (Å²) in [6.07, 6.45) is 0. The molecule has 0 aromatic heterocycles. The fourth-order valence-electron chi connectivity index (χ4n) is 1.92. The molecule has 0 aliphatic heterocycles. The van der Waals surface area contributed by atoms with Gasteiger partial charge in [0.1, 0.15) is 5.75 Å². The van der Waals surface area contributed by atoms with E-state index in [1.54, 1.807) is 6.07 Å². The van der Waals surface area contributed by atoms with E-state index >= 15 is 0 Å². The first-order chi connectivity index (χ1) is 9.74. The standard InChI is InChI=1S/C16H19NO3/c1-3-20-15-7-5-4-6-13(15)17-11-12-8-9-14(18)16(10-12)19-2/h4-10,17-18H,3,11H2,1-2H3. The van der Waals surface area contributed by atoms with Crippen LogP contribution in [0.5, 0.6) is 17.2 Å². The zero-order valence-corrected chi connectivity index (χ0v) is 11.7. The summed E-state index contributed by atoms with van der Waals surface area (Å²) in [4.78, 5) is 0. The van der Waals surface area contributed by atoms with Crippen LogP contribution in [0.25, 0.3) is 0 Å². The van der Waals surface area contributed by atoms with Crippen molar-refractivity contribution in [3.63, 3.8) is 0 Å². The van der Waals surface area contributed by atoms with E-state index < -0.39 is 0 Å². The van der Waals surface area contributed by atoms with E-state index in [1.807, 2.05) is 43.3 Å². The molecular weight excluding hydrogens is 254 g/mol. The summed E-state index contributed by atoms with van der Waals surface area (Å²) in [6, 6.07) is 13.1. The van der Waals surface area contributed by atoms with Gasteiger partial charge in [0.2, 0.25) is 0 Å². The normalized spacial score (nSPS) is 10.1. The summed E-state index contributed by atoms with van der Waals surface area (Å²) >= 11 is 0. The Labute approximate surface area is 119 Å². The molecule has 20 heavy (non-hydrogen) atoms. The number of ether oxygens (including phenoxy) is 2. The number of hydrogen-bond acceptors (Lipinski definition) is 4. The summed E-state index contributed by atoms with van der Waals surface area (Å²) in [6.45, 7) is 3.22. The number of phenols is 1. The van der Waals surface area contributed by atoms with Crippen LogP contribution in [0.15, 0.2) is 42.5 Å². The van der Waals surface area contributed by atoms with Crippen molar-refractivity contribution in [1.29, 1.82) is 0 Å². The van der Waals surface area contributed by atoms with Gasteiger partial charge in [0.15, 0.2) is 11.5 Å². The molecule has 0 amide bonds. The third-order valence-corrected chi connectivity index (χ3v) is 2.91. The fourth-order valence-corrected chi connectivity index (χ4v) is 1.92. The van der Waals surface area contributed by atoms with Crippen molar-refractivity contribution in [2.75, 3.05) is 19.0 Å². The zero-order chi connectivity index (χ0) is 14.4. The van der Waals surface area contributed by atoms with Gasteiger partial charge in [0.05, 0.1) is 19.4 Å². The van der Waals surface area contributed by atoms with Crippen LogP contribution >= 0.6 is 0 Å². The predicted molar refractivity (Wildman–Crippen MR) is 79.6 cm³/mol. The third kappa shape index (κ3) is 3.35. The second-order valence-electron chi connectivity index (χ2n) is 4.29. The Hall–Kier alpha value is -2.36. The van der Waals surface area contributed by atoms with Gasteiger partial charge in [-0.2, -0.15) is 0 Å². The Kier molecular flexibility index (Phi) is 4.71. The molecule has 0 saturated carbocycles. The van der Waals surface area contributed by atoms with E-state index in [-0.39, 0.29) is 5.75 Å². The monoisotopic (exact) mass is 273 g/mol. The second kappa shape index (κ2) is 6.70. The van der Waals surface area contributed by atoms with E-state index in [9.17, 15) is 5.11 Å². The lowest BCUT2D eigenvalue weighted by Gasteiger charge is -2.13. The molecule has 0 heterocycles. The van der Waals surface area contributed by atoms with E-state index in [0.29, 0.717) is 18.9 Å². The van der Waals surface area contributed by atoms with E-state index in [2.05, 4.69) is 5.32 Å². The average molecular weight is 273 g/mol. The summed E-state index contributed by atoms with van der Waals surface area (Å²) in [5, 5.41) is 12.9. The number of para-hydroxylation sites is 2. The van der Waals surface area contributed by atoms with Gasteiger partial charge >= 0.3 is 0 Å². The van der Waals surface area contributed by atoms with Gasteiger partial charge in [0, 0.05) is 6.54 Å². The number of benzene rings is 2. The molecule has 0 fully saturated rings. The molecule has 2 N–H and O–H groups in total. The van der Waals surface area contributed by atoms with Gasteiger partial charge in [-0.3, -0.25) is 0 Å². The van der Waals surface area contributed by atoms with Crippen molar-refractivity contribution < 1.29 is 14.6 Å². The highest BCUT2D eigenvalue weighted by Crippen LogP contribution is 2.28. The van der Waals surface area contributed by atoms with Gasteiger partial charge in [-0.15, -0.1) is 0 Å². The minimum Gasteiger partial charge on any atom is -0.504 e. The van der Waals surface area contributed by atoms with Crippen LogP contribution in [0.2, 0.25) is 0 Å². The number of rotatable bonds is 6. The molecule has 0 aliphatic rings. The summed E-state index contributed by atoms with van der Waals surface area (Å²) < 4.78 is 10.7. The lowest BCUT2D eigenvalue weighted by molar-refractivity contribution is 0.341. The molecule has 4 heteroatoms. The SMILES string of the molecule is CCOc1ccccc1NCc1ccc(O)c(OC)c1. The van der Waals surface area contributed by atoms with Crippen LogP contribution in [0.1, 0.15) is 12.5 Å². The van der Waals surface area contributed by atoms with Gasteiger partial charge in [-0.25, -0.2) is 0 Å². The first-order valence-corrected chi connectivity index (χ1v) is 6.56. The number of hydrogen-bond donors (Lipinski definition) is 2. The number of phenolic OH excluding ortho intramolecular Hbond substituents is 1. The molecule has 0 atom stereocenters. The average Bonchev–Trinajstić information content (AvgIpc) is 2.48. The Morgan fingerprint density at radius 1 is 1.10 bits per heavy atom. The van der Waals surface area contributed by atoms with Gasteiger partial charge < -0.3 is 19.9 Å². The number of methoxy groups -OCH3 is 1. The summed E-state index contributed by atoms with van der Waals surface area (Å²) in [7, 11) is 1.54. The lowest BCUT2D eigenvalue weighted by Crippen LogP contribution is -2.02. The molecule has 4 nitrogen and oxygen atoms in total. The smallest absolute Gasteiger partial charge is 0.160 e. The van der Waals surface area contributed by atoms with Gasteiger partial charge in [-0.1, -0.05) is 18.2 Å². The van der Waals surface area contributed by atoms with E-state index in [4.69, 9.17) is 9.47 Å². The highest BCUT2D eigenvalue weighted by molar-refractivity contribution is 5.56. The second-order valence-corrected chi connectivity index (χ2v) is 4.29. The topological polar surface area (TPSA) is 50.7 Å². The Morgan fingerprint density at radius 2 is 1.90 bits per heavy atom. The molecule has 0 radical (unpaired) electrons. The molecule has 0 bridgehead atoms. The maximum atomic E-state index is 9.57. The highest BCUT2D eigenvalue weighted by Gasteiger charge is 2.05. The van der Waals surface area contributed by atoms with Crippen molar-refractivity contribution in [3.8, 4) is 17.2 Å². The van der Waals surface area contributed by atoms with Crippen LogP contribution in [0.3, 0.4) is 0 Å². The van der Waals surface area contributed by atoms with Gasteiger partial charge in [0.25, 0.3) is 0 Å². The van der Waals surface area contributed by atoms with Gasteiger partial charge in [-0.05, 0) is 36.8 Å². The first-order valence-electron chi connectivity index (χ1n) is 6.56. The van der Waals surface area contributed by atoms with Crippen molar-refractivity contribution >= 4 is 5.69 Å². The van der Waals surface area contributed by atoms with Crippen LogP contribution < -0.4 is 14.8 Å². The Bertz CT molecular complexity index is 569. The summed E-state index contributed by atoms with van der Waals surface area (Å²) in [5.74, 6) is 1.45. The van der Waals surface area contributed by atoms with Crippen LogP contribution in [-0.2, 0) is 6.54 Å². The van der Waals surface area contributed by atoms with Crippen LogP contribution in [0, 0.1) is 0 Å². The highest BCUT2D eigenvalue weighted by atomic mass is 16.5. The molecule has 0 spiro atoms. The maximum absolute atomic E-state index is 9.57. The van der Waals surface area contributed by atoms with Crippen molar-refractivity contribution in [1.82, 2.24) is 0 Å². The minimum absolute atomic E-state index is 0.144. The molecular formula is C16H19NO3. The number of nitrogens with one attached hydrogen (secondary N) is 1. The first kappa shape index (κ1) is 14.1.